The van der Waals surface area contributed by atoms with Crippen molar-refractivity contribution in [1.82, 2.24) is 0 Å². The Morgan fingerprint density at radius 2 is 1.90 bits per heavy atom. The summed E-state index contributed by atoms with van der Waals surface area (Å²) in [5.41, 5.74) is 5.27. The minimum absolute atomic E-state index is 0.197. The van der Waals surface area contributed by atoms with Crippen LogP contribution in [0.3, 0.4) is 0 Å². The highest BCUT2D eigenvalue weighted by Gasteiger charge is 2.19. The molecule has 0 aliphatic rings. The van der Waals surface area contributed by atoms with Gasteiger partial charge in [-0.3, -0.25) is 0 Å². The zero-order chi connectivity index (χ0) is 8.20. The van der Waals surface area contributed by atoms with Gasteiger partial charge in [0.25, 0.3) is 0 Å². The van der Waals surface area contributed by atoms with Gasteiger partial charge in [0.15, 0.2) is 9.84 Å². The molecule has 0 aromatic heterocycles. The van der Waals surface area contributed by atoms with Gasteiger partial charge in [-0.05, 0) is 6.42 Å². The Hall–Kier alpha value is -0.0900. The molecule has 10 heavy (non-hydrogen) atoms. The van der Waals surface area contributed by atoms with Crippen LogP contribution in [0.2, 0.25) is 0 Å². The van der Waals surface area contributed by atoms with Gasteiger partial charge in [0.1, 0.15) is 0 Å². The Labute approximate surface area is 62.5 Å². The molecule has 0 heterocycles. The van der Waals surface area contributed by atoms with Crippen LogP contribution in [0.1, 0.15) is 20.3 Å². The fourth-order valence-corrected chi connectivity index (χ4v) is 2.08. The number of nitrogens with two attached hydrogens (primary N) is 1. The van der Waals surface area contributed by atoms with E-state index in [4.69, 9.17) is 5.73 Å². The van der Waals surface area contributed by atoms with Gasteiger partial charge in [-0.25, -0.2) is 8.42 Å². The summed E-state index contributed by atoms with van der Waals surface area (Å²) in [7, 11) is -2.89. The maximum Gasteiger partial charge on any atom is 0.154 e. The van der Waals surface area contributed by atoms with Crippen LogP contribution in [0.15, 0.2) is 0 Å². The molecule has 0 spiro atoms. The first kappa shape index (κ1) is 9.91. The molecule has 0 radical (unpaired) electrons. The third kappa shape index (κ3) is 2.27. The van der Waals surface area contributed by atoms with Crippen LogP contribution in [-0.2, 0) is 9.84 Å². The summed E-state index contributed by atoms with van der Waals surface area (Å²) in [6.07, 6.45) is 0.618. The number of sulfone groups is 1. The van der Waals surface area contributed by atoms with Gasteiger partial charge in [-0.1, -0.05) is 13.8 Å². The van der Waals surface area contributed by atoms with E-state index in [1.54, 1.807) is 6.92 Å². The Morgan fingerprint density at radius 3 is 2.00 bits per heavy atom. The van der Waals surface area contributed by atoms with E-state index in [0.29, 0.717) is 6.42 Å². The Morgan fingerprint density at radius 1 is 1.40 bits per heavy atom. The van der Waals surface area contributed by atoms with Crippen molar-refractivity contribution >= 4 is 9.84 Å². The molecule has 0 bridgehead atoms. The van der Waals surface area contributed by atoms with Gasteiger partial charge in [-0.2, -0.15) is 0 Å². The smallest absolute Gasteiger partial charge is 0.154 e. The van der Waals surface area contributed by atoms with Crippen LogP contribution in [0.4, 0.5) is 0 Å². The van der Waals surface area contributed by atoms with Gasteiger partial charge < -0.3 is 5.73 Å². The third-order valence-corrected chi connectivity index (χ3v) is 3.97. The van der Waals surface area contributed by atoms with E-state index in [2.05, 4.69) is 0 Å². The molecule has 0 aliphatic carbocycles. The fourth-order valence-electron chi connectivity index (χ4n) is 0.803. The predicted octanol–water partition coefficient (Wildman–Crippen LogP) is 0.158. The third-order valence-electron chi connectivity index (χ3n) is 1.63. The summed E-state index contributed by atoms with van der Waals surface area (Å²) in [6, 6.07) is 0. The first-order chi connectivity index (χ1) is 4.58. The van der Waals surface area contributed by atoms with Gasteiger partial charge in [0, 0.05) is 12.3 Å². The number of hydrogen-bond donors (Lipinski definition) is 1. The molecule has 0 saturated heterocycles. The van der Waals surface area contributed by atoms with Gasteiger partial charge in [-0.15, -0.1) is 0 Å². The molecule has 0 aromatic rings. The van der Waals surface area contributed by atoms with Gasteiger partial charge in [0.05, 0.1) is 5.25 Å². The molecular weight excluding hydrogens is 150 g/mol. The quantitative estimate of drug-likeness (QED) is 0.645. The molecule has 0 aromatic carbocycles. The van der Waals surface area contributed by atoms with Crippen LogP contribution in [0.5, 0.6) is 0 Å². The average Bonchev–Trinajstić information content (AvgIpc) is 1.90. The Bertz CT molecular complexity index is 170. The molecular formula is C6H15NO2S. The molecule has 1 atom stereocenters. The predicted molar refractivity (Wildman–Crippen MR) is 42.6 cm³/mol. The van der Waals surface area contributed by atoms with Gasteiger partial charge in [0.2, 0.25) is 0 Å². The zero-order valence-corrected chi connectivity index (χ0v) is 7.32. The summed E-state index contributed by atoms with van der Waals surface area (Å²) in [6.45, 7) is 3.73. The standard InChI is InChI=1S/C6H15NO2S/c1-3-6(5-7)10(8,9)4-2/h6H,3-5,7H2,1-2H3/t6-/m1/s1. The highest BCUT2D eigenvalue weighted by molar-refractivity contribution is 7.92. The second-order valence-corrected chi connectivity index (χ2v) is 4.79. The van der Waals surface area contributed by atoms with Crippen molar-refractivity contribution in [2.45, 2.75) is 25.5 Å². The minimum atomic E-state index is -2.89. The van der Waals surface area contributed by atoms with Crippen LogP contribution in [0, 0.1) is 0 Å². The molecule has 0 amide bonds. The topological polar surface area (TPSA) is 60.2 Å². The second-order valence-electron chi connectivity index (χ2n) is 2.22. The van der Waals surface area contributed by atoms with E-state index in [0.717, 1.165) is 0 Å². The lowest BCUT2D eigenvalue weighted by Crippen LogP contribution is -2.30. The lowest BCUT2D eigenvalue weighted by molar-refractivity contribution is 0.577. The maximum atomic E-state index is 11.1. The minimum Gasteiger partial charge on any atom is -0.329 e. The van der Waals surface area contributed by atoms with Crippen LogP contribution in [-0.4, -0.2) is 26.0 Å². The number of rotatable bonds is 4. The molecule has 3 nitrogen and oxygen atoms in total. The summed E-state index contributed by atoms with van der Waals surface area (Å²) in [5.74, 6) is 0.197. The molecule has 0 aliphatic heterocycles. The van der Waals surface area contributed by atoms with Crippen LogP contribution in [0.25, 0.3) is 0 Å². The Balaban J connectivity index is 4.28. The molecule has 0 saturated carbocycles. The lowest BCUT2D eigenvalue weighted by Gasteiger charge is -2.10. The number of hydrogen-bond acceptors (Lipinski definition) is 3. The largest absolute Gasteiger partial charge is 0.329 e. The van der Waals surface area contributed by atoms with E-state index >= 15 is 0 Å². The second kappa shape index (κ2) is 3.93. The summed E-state index contributed by atoms with van der Waals surface area (Å²) in [5, 5.41) is -0.336. The first-order valence-electron chi connectivity index (χ1n) is 3.50. The SMILES string of the molecule is CC[C@H](CN)S(=O)(=O)CC. The molecule has 62 valence electrons. The summed E-state index contributed by atoms with van der Waals surface area (Å²) < 4.78 is 22.2. The van der Waals surface area contributed by atoms with Crippen molar-refractivity contribution in [3.8, 4) is 0 Å². The lowest BCUT2D eigenvalue weighted by atomic mass is 10.3. The monoisotopic (exact) mass is 165 g/mol. The van der Waals surface area contributed by atoms with E-state index in [9.17, 15) is 8.42 Å². The van der Waals surface area contributed by atoms with Crippen molar-refractivity contribution in [3.05, 3.63) is 0 Å². The van der Waals surface area contributed by atoms with E-state index in [1.807, 2.05) is 6.92 Å². The van der Waals surface area contributed by atoms with Crippen LogP contribution >= 0.6 is 0 Å². The van der Waals surface area contributed by atoms with E-state index < -0.39 is 9.84 Å². The molecule has 0 unspecified atom stereocenters. The van der Waals surface area contributed by atoms with E-state index in [-0.39, 0.29) is 17.5 Å². The fraction of sp³-hybridized carbons (Fsp3) is 1.00. The molecule has 4 heteroatoms. The molecule has 0 fully saturated rings. The van der Waals surface area contributed by atoms with E-state index in [1.165, 1.54) is 0 Å². The molecule has 0 rings (SSSR count). The highest BCUT2D eigenvalue weighted by atomic mass is 32.2. The molecule has 2 N–H and O–H groups in total. The maximum absolute atomic E-state index is 11.1. The first-order valence-corrected chi connectivity index (χ1v) is 5.21. The van der Waals surface area contributed by atoms with Gasteiger partial charge >= 0.3 is 0 Å². The van der Waals surface area contributed by atoms with Crippen molar-refractivity contribution in [1.29, 1.82) is 0 Å². The zero-order valence-electron chi connectivity index (χ0n) is 6.50. The Kier molecular flexibility index (Phi) is 3.89. The van der Waals surface area contributed by atoms with Crippen molar-refractivity contribution in [2.75, 3.05) is 12.3 Å². The van der Waals surface area contributed by atoms with Crippen molar-refractivity contribution < 1.29 is 8.42 Å². The van der Waals surface area contributed by atoms with Crippen molar-refractivity contribution in [3.63, 3.8) is 0 Å². The summed E-state index contributed by atoms with van der Waals surface area (Å²) in [4.78, 5) is 0. The van der Waals surface area contributed by atoms with Crippen molar-refractivity contribution in [2.24, 2.45) is 5.73 Å². The highest BCUT2D eigenvalue weighted by Crippen LogP contribution is 2.04. The average molecular weight is 165 g/mol. The van der Waals surface area contributed by atoms with Crippen LogP contribution < -0.4 is 5.73 Å². The summed E-state index contributed by atoms with van der Waals surface area (Å²) >= 11 is 0. The normalized spacial score (nSPS) is 15.1.